The maximum Gasteiger partial charge on any atom is 0.225 e. The fraction of sp³-hybridized carbons (Fsp3) is 0.482. The summed E-state index contributed by atoms with van der Waals surface area (Å²) in [5, 5.41) is 15.7. The van der Waals surface area contributed by atoms with E-state index in [2.05, 4.69) is 92.0 Å². The number of hydrogen-bond acceptors (Lipinski definition) is 12. The predicted molar refractivity (Wildman–Crippen MR) is 285 cm³/mol. The van der Waals surface area contributed by atoms with Crippen LogP contribution in [0.3, 0.4) is 0 Å². The van der Waals surface area contributed by atoms with Crippen LogP contribution in [0.4, 0.5) is 0 Å². The number of pyridine rings is 1. The molecule has 1 N–H and O–H groups in total. The summed E-state index contributed by atoms with van der Waals surface area (Å²) in [7, 11) is 1.09. The molecule has 380 valence electrons. The minimum Gasteiger partial charge on any atom is -0.507 e. The van der Waals surface area contributed by atoms with Gasteiger partial charge in [0.05, 0.1) is 55.4 Å². The lowest BCUT2D eigenvalue weighted by molar-refractivity contribution is 0.0482. The lowest BCUT2D eigenvalue weighted by Gasteiger charge is -2.42. The summed E-state index contributed by atoms with van der Waals surface area (Å²) in [6.07, 6.45) is 8.57. The van der Waals surface area contributed by atoms with Gasteiger partial charge in [-0.05, 0) is 91.6 Å². The standard InChI is InChI=1S/C56H77NO11Si2/c1-17-19-21-26-39-30-38-29-37-27-28-40(44(37)53(45(38)54(57-39)63-18-2)64-32-36-24-22-20-23-25-36)51(68-70(15,16)56(6,7)8)46-41(33-67-69(13,14)55(3,4)5)50(62-12)48-47(49(46)58)42(65-34-59-9)31-43(61-11)52(48)66-35-60-10/h17,19-26,29-31,40,51,58H,18,27-28,32-35H2,1-16H3/b19-17+,26-21+. The fourth-order valence-corrected chi connectivity index (χ4v) is 10.7. The van der Waals surface area contributed by atoms with Crippen molar-refractivity contribution in [1.29, 1.82) is 0 Å². The van der Waals surface area contributed by atoms with Gasteiger partial charge in [-0.2, -0.15) is 0 Å². The average molecular weight is 996 g/mol. The number of ether oxygens (including phenoxy) is 8. The SMILES string of the molecule is C/C=C/C=C/c1cc2cc3c(c(OCc4ccccc4)c2c(OCC)n1)C(C(O[Si](C)(C)C(C)(C)C)c1c(CO[Si](C)(C)C(C)(C)C)c(OC)c2c(OCOC)c(OC)cc(OCOC)c2c1O)CC3. The highest BCUT2D eigenvalue weighted by molar-refractivity contribution is 6.74. The van der Waals surface area contributed by atoms with Gasteiger partial charge >= 0.3 is 0 Å². The molecule has 4 aromatic carbocycles. The van der Waals surface area contributed by atoms with Gasteiger partial charge in [0, 0.05) is 42.9 Å². The van der Waals surface area contributed by atoms with Gasteiger partial charge in [0.1, 0.15) is 29.6 Å². The van der Waals surface area contributed by atoms with Crippen LogP contribution >= 0.6 is 0 Å². The number of hydrogen-bond donors (Lipinski definition) is 1. The van der Waals surface area contributed by atoms with E-state index < -0.39 is 22.7 Å². The van der Waals surface area contributed by atoms with E-state index in [1.165, 1.54) is 0 Å². The molecular formula is C56H77NO11Si2. The van der Waals surface area contributed by atoms with Crippen molar-refractivity contribution in [2.24, 2.45) is 0 Å². The first-order chi connectivity index (χ1) is 33.2. The van der Waals surface area contributed by atoms with E-state index in [1.54, 1.807) is 34.5 Å². The average Bonchev–Trinajstić information content (AvgIpc) is 3.73. The number of methoxy groups -OCH3 is 4. The summed E-state index contributed by atoms with van der Waals surface area (Å²) in [6.45, 7) is 26.8. The first-order valence-corrected chi connectivity index (χ1v) is 30.1. The van der Waals surface area contributed by atoms with Crippen LogP contribution in [0, 0.1) is 0 Å². The van der Waals surface area contributed by atoms with Gasteiger partial charge in [-0.25, -0.2) is 4.98 Å². The highest BCUT2D eigenvalue weighted by atomic mass is 28.4. The third-order valence-electron chi connectivity index (χ3n) is 14.2. The molecule has 0 amide bonds. The Hall–Kier alpha value is -5.10. The molecule has 1 aliphatic rings. The first kappa shape index (κ1) is 54.2. The first-order valence-electron chi connectivity index (χ1n) is 24.3. The molecular weight excluding hydrogens is 919 g/mol. The van der Waals surface area contributed by atoms with Crippen LogP contribution in [0.25, 0.3) is 27.6 Å². The van der Waals surface area contributed by atoms with Crippen LogP contribution in [0.15, 0.2) is 66.8 Å². The van der Waals surface area contributed by atoms with Crippen LogP contribution in [0.5, 0.6) is 40.4 Å². The Labute approximate surface area is 418 Å². The van der Waals surface area contributed by atoms with E-state index in [1.807, 2.05) is 56.4 Å². The molecule has 0 radical (unpaired) electrons. The molecule has 0 bridgehead atoms. The van der Waals surface area contributed by atoms with Crippen molar-refractivity contribution in [3.63, 3.8) is 0 Å². The Kier molecular flexibility index (Phi) is 17.5. The van der Waals surface area contributed by atoms with Crippen molar-refractivity contribution >= 4 is 44.3 Å². The Morgan fingerprint density at radius 3 is 2.04 bits per heavy atom. The zero-order chi connectivity index (χ0) is 51.2. The third kappa shape index (κ3) is 11.3. The number of allylic oxidation sites excluding steroid dienone is 3. The number of aryl methyl sites for hydroxylation is 1. The van der Waals surface area contributed by atoms with Gasteiger partial charge in [0.15, 0.2) is 41.7 Å². The molecule has 1 heterocycles. The van der Waals surface area contributed by atoms with E-state index in [4.69, 9.17) is 51.7 Å². The van der Waals surface area contributed by atoms with Crippen LogP contribution in [0.2, 0.25) is 36.3 Å². The largest absolute Gasteiger partial charge is 0.507 e. The molecule has 0 saturated carbocycles. The normalized spacial score (nSPS) is 15.0. The van der Waals surface area contributed by atoms with Crippen LogP contribution in [-0.4, -0.2) is 75.4 Å². The molecule has 12 nitrogen and oxygen atoms in total. The maximum absolute atomic E-state index is 13.6. The van der Waals surface area contributed by atoms with Crippen LogP contribution in [0.1, 0.15) is 107 Å². The lowest BCUT2D eigenvalue weighted by atomic mass is 9.84. The molecule has 0 aliphatic heterocycles. The zero-order valence-corrected chi connectivity index (χ0v) is 46.5. The maximum atomic E-state index is 13.6. The van der Waals surface area contributed by atoms with Crippen molar-refractivity contribution in [2.75, 3.05) is 48.6 Å². The summed E-state index contributed by atoms with van der Waals surface area (Å²) >= 11 is 0. The van der Waals surface area contributed by atoms with Gasteiger partial charge in [0.2, 0.25) is 5.88 Å². The Bertz CT molecular complexity index is 2670. The van der Waals surface area contributed by atoms with Gasteiger partial charge in [-0.3, -0.25) is 0 Å². The number of phenolic OH excluding ortho intramolecular Hbond substituents is 1. The molecule has 0 spiro atoms. The predicted octanol–water partition coefficient (Wildman–Crippen LogP) is 14.0. The summed E-state index contributed by atoms with van der Waals surface area (Å²) in [5.74, 6) is 2.14. The second-order valence-corrected chi connectivity index (χ2v) is 30.4. The number of rotatable bonds is 22. The zero-order valence-electron chi connectivity index (χ0n) is 44.5. The van der Waals surface area contributed by atoms with Gasteiger partial charge in [0.25, 0.3) is 0 Å². The smallest absolute Gasteiger partial charge is 0.225 e. The Morgan fingerprint density at radius 1 is 0.743 bits per heavy atom. The molecule has 14 heteroatoms. The second-order valence-electron chi connectivity index (χ2n) is 20.8. The fourth-order valence-electron chi connectivity index (χ4n) is 8.54. The van der Waals surface area contributed by atoms with Crippen molar-refractivity contribution < 1.29 is 51.9 Å². The molecule has 1 aliphatic carbocycles. The number of fused-ring (bicyclic) bond motifs is 3. The van der Waals surface area contributed by atoms with E-state index in [0.29, 0.717) is 76.2 Å². The monoisotopic (exact) mass is 996 g/mol. The van der Waals surface area contributed by atoms with Gasteiger partial charge in [-0.1, -0.05) is 96.2 Å². The van der Waals surface area contributed by atoms with Gasteiger partial charge in [-0.15, -0.1) is 0 Å². The van der Waals surface area contributed by atoms with Crippen LogP contribution in [-0.2, 0) is 38.0 Å². The molecule has 0 saturated heterocycles. The number of benzene rings is 4. The quantitative estimate of drug-likeness (QED) is 0.0403. The van der Waals surface area contributed by atoms with E-state index in [9.17, 15) is 5.11 Å². The number of aromatic nitrogens is 1. The van der Waals surface area contributed by atoms with Crippen molar-refractivity contribution in [1.82, 2.24) is 4.98 Å². The highest BCUT2D eigenvalue weighted by Crippen LogP contribution is 2.60. The molecule has 5 aromatic rings. The topological polar surface area (TPSA) is 125 Å². The lowest BCUT2D eigenvalue weighted by Crippen LogP contribution is -2.43. The molecule has 6 rings (SSSR count). The van der Waals surface area contributed by atoms with Crippen molar-refractivity contribution in [3.05, 3.63) is 100 Å². The minimum absolute atomic E-state index is 0.0559. The van der Waals surface area contributed by atoms with Crippen LogP contribution < -0.4 is 28.4 Å². The van der Waals surface area contributed by atoms with E-state index in [-0.39, 0.29) is 41.9 Å². The molecule has 1 aromatic heterocycles. The third-order valence-corrected chi connectivity index (χ3v) is 23.2. The summed E-state index contributed by atoms with van der Waals surface area (Å²) in [6, 6.07) is 16.2. The highest BCUT2D eigenvalue weighted by Gasteiger charge is 2.47. The number of aromatic hydroxyl groups is 1. The summed E-state index contributed by atoms with van der Waals surface area (Å²) in [5.41, 5.74) is 5.06. The number of phenols is 1. The molecule has 2 atom stereocenters. The molecule has 0 fully saturated rings. The van der Waals surface area contributed by atoms with E-state index >= 15 is 0 Å². The Morgan fingerprint density at radius 2 is 1.43 bits per heavy atom. The Balaban J connectivity index is 1.79. The minimum atomic E-state index is -2.72. The molecule has 70 heavy (non-hydrogen) atoms. The molecule has 2 unspecified atom stereocenters. The van der Waals surface area contributed by atoms with Gasteiger partial charge < -0.3 is 51.9 Å². The number of nitrogens with zero attached hydrogens (tertiary/aromatic N) is 1. The van der Waals surface area contributed by atoms with Crippen molar-refractivity contribution in [2.45, 2.75) is 130 Å². The summed E-state index contributed by atoms with van der Waals surface area (Å²) < 4.78 is 64.7. The summed E-state index contributed by atoms with van der Waals surface area (Å²) in [4.78, 5) is 5.08. The van der Waals surface area contributed by atoms with Crippen molar-refractivity contribution in [3.8, 4) is 40.4 Å². The van der Waals surface area contributed by atoms with E-state index in [0.717, 1.165) is 39.6 Å². The second kappa shape index (κ2) is 22.5.